The molecule has 2 aromatic rings. The Hall–Kier alpha value is -2.03. The first kappa shape index (κ1) is 14.6. The van der Waals surface area contributed by atoms with Crippen LogP contribution in [0.3, 0.4) is 0 Å². The highest BCUT2D eigenvalue weighted by atomic mass is 16.2. The van der Waals surface area contributed by atoms with Crippen LogP contribution in [0.5, 0.6) is 0 Å². The number of nitrogens with zero attached hydrogens (tertiary/aromatic N) is 2. The van der Waals surface area contributed by atoms with Crippen molar-refractivity contribution in [2.45, 2.75) is 25.7 Å². The number of amides is 1. The van der Waals surface area contributed by atoms with Crippen molar-refractivity contribution in [1.29, 1.82) is 0 Å². The van der Waals surface area contributed by atoms with Crippen molar-refractivity contribution in [2.75, 3.05) is 31.1 Å². The number of anilines is 1. The van der Waals surface area contributed by atoms with Crippen LogP contribution in [-0.2, 0) is 4.79 Å². The van der Waals surface area contributed by atoms with Crippen LogP contribution in [0.1, 0.15) is 25.7 Å². The number of piperidine rings is 1. The molecule has 2 aliphatic heterocycles. The molecule has 2 aliphatic rings. The number of benzene rings is 2. The fourth-order valence-corrected chi connectivity index (χ4v) is 4.05. The highest BCUT2D eigenvalue weighted by Crippen LogP contribution is 2.31. The lowest BCUT2D eigenvalue weighted by molar-refractivity contribution is -0.135. The van der Waals surface area contributed by atoms with E-state index in [0.29, 0.717) is 5.91 Å². The molecule has 120 valence electrons. The van der Waals surface area contributed by atoms with E-state index in [1.54, 1.807) is 0 Å². The topological polar surface area (TPSA) is 23.6 Å². The minimum atomic E-state index is 0.235. The van der Waals surface area contributed by atoms with Gasteiger partial charge >= 0.3 is 0 Å². The van der Waals surface area contributed by atoms with Crippen LogP contribution in [0.25, 0.3) is 10.8 Å². The summed E-state index contributed by atoms with van der Waals surface area (Å²) in [5, 5.41) is 2.61. The SMILES string of the molecule is O=C(C1CCN(c2cccc3ccccc23)CC1)N1CCCC1. The Morgan fingerprint density at radius 3 is 2.35 bits per heavy atom. The first-order valence-corrected chi connectivity index (χ1v) is 8.84. The molecule has 0 aliphatic carbocycles. The summed E-state index contributed by atoms with van der Waals surface area (Å²) in [4.78, 5) is 17.1. The number of fused-ring (bicyclic) bond motifs is 1. The lowest BCUT2D eigenvalue weighted by atomic mass is 9.94. The van der Waals surface area contributed by atoms with E-state index in [-0.39, 0.29) is 5.92 Å². The van der Waals surface area contributed by atoms with E-state index in [1.165, 1.54) is 29.3 Å². The van der Waals surface area contributed by atoms with Gasteiger partial charge in [-0.3, -0.25) is 4.79 Å². The quantitative estimate of drug-likeness (QED) is 0.845. The van der Waals surface area contributed by atoms with Crippen molar-refractivity contribution in [2.24, 2.45) is 5.92 Å². The predicted octanol–water partition coefficient (Wildman–Crippen LogP) is 3.68. The van der Waals surface area contributed by atoms with Gasteiger partial charge in [0.2, 0.25) is 5.91 Å². The maximum absolute atomic E-state index is 12.6. The van der Waals surface area contributed by atoms with Gasteiger partial charge in [-0.05, 0) is 37.1 Å². The average molecular weight is 308 g/mol. The van der Waals surface area contributed by atoms with E-state index in [0.717, 1.165) is 39.0 Å². The van der Waals surface area contributed by atoms with Crippen LogP contribution in [0.2, 0.25) is 0 Å². The number of hydrogen-bond donors (Lipinski definition) is 0. The summed E-state index contributed by atoms with van der Waals surface area (Å²) in [6, 6.07) is 15.1. The van der Waals surface area contributed by atoms with Crippen LogP contribution in [0.4, 0.5) is 5.69 Å². The second-order valence-corrected chi connectivity index (χ2v) is 6.79. The minimum absolute atomic E-state index is 0.235. The Kier molecular flexibility index (Phi) is 3.94. The van der Waals surface area contributed by atoms with E-state index in [1.807, 2.05) is 0 Å². The Balaban J connectivity index is 1.47. The average Bonchev–Trinajstić information content (AvgIpc) is 3.15. The Labute approximate surface area is 137 Å². The molecule has 3 nitrogen and oxygen atoms in total. The number of likely N-dealkylation sites (tertiary alicyclic amines) is 1. The molecule has 3 heteroatoms. The molecule has 0 saturated carbocycles. The molecule has 2 heterocycles. The summed E-state index contributed by atoms with van der Waals surface area (Å²) in [5.74, 6) is 0.638. The zero-order chi connectivity index (χ0) is 15.6. The fraction of sp³-hybridized carbons (Fsp3) is 0.450. The summed E-state index contributed by atoms with van der Waals surface area (Å²) in [6.07, 6.45) is 4.33. The van der Waals surface area contributed by atoms with Gasteiger partial charge in [-0.1, -0.05) is 36.4 Å². The van der Waals surface area contributed by atoms with Gasteiger partial charge in [0.25, 0.3) is 0 Å². The highest BCUT2D eigenvalue weighted by Gasteiger charge is 2.30. The molecule has 0 N–H and O–H groups in total. The van der Waals surface area contributed by atoms with Gasteiger partial charge in [-0.15, -0.1) is 0 Å². The molecule has 2 fully saturated rings. The van der Waals surface area contributed by atoms with Crippen LogP contribution in [0.15, 0.2) is 42.5 Å². The number of carbonyl (C=O) groups excluding carboxylic acids is 1. The van der Waals surface area contributed by atoms with Gasteiger partial charge in [-0.25, -0.2) is 0 Å². The molecule has 23 heavy (non-hydrogen) atoms. The molecule has 0 radical (unpaired) electrons. The number of carbonyl (C=O) groups is 1. The second kappa shape index (κ2) is 6.23. The first-order valence-electron chi connectivity index (χ1n) is 8.84. The summed E-state index contributed by atoms with van der Waals surface area (Å²) < 4.78 is 0. The molecule has 2 saturated heterocycles. The van der Waals surface area contributed by atoms with E-state index in [2.05, 4.69) is 52.3 Å². The molecule has 1 amide bonds. The van der Waals surface area contributed by atoms with Gasteiger partial charge in [0.05, 0.1) is 0 Å². The molecule has 0 spiro atoms. The molecule has 0 atom stereocenters. The molecular formula is C20H24N2O. The normalized spacial score (nSPS) is 19.5. The van der Waals surface area contributed by atoms with Crippen LogP contribution >= 0.6 is 0 Å². The summed E-state index contributed by atoms with van der Waals surface area (Å²) in [7, 11) is 0. The number of hydrogen-bond acceptors (Lipinski definition) is 2. The zero-order valence-electron chi connectivity index (χ0n) is 13.6. The Morgan fingerprint density at radius 2 is 1.57 bits per heavy atom. The maximum atomic E-state index is 12.6. The van der Waals surface area contributed by atoms with E-state index in [9.17, 15) is 4.79 Å². The van der Waals surface area contributed by atoms with Gasteiger partial charge in [0.1, 0.15) is 0 Å². The molecule has 2 aromatic carbocycles. The van der Waals surface area contributed by atoms with Gasteiger partial charge in [-0.2, -0.15) is 0 Å². The Morgan fingerprint density at radius 1 is 0.870 bits per heavy atom. The van der Waals surface area contributed by atoms with Gasteiger partial charge < -0.3 is 9.80 Å². The van der Waals surface area contributed by atoms with Crippen LogP contribution in [0, 0.1) is 5.92 Å². The van der Waals surface area contributed by atoms with Gasteiger partial charge in [0, 0.05) is 43.2 Å². The predicted molar refractivity (Wildman–Crippen MR) is 94.7 cm³/mol. The van der Waals surface area contributed by atoms with Crippen molar-refractivity contribution in [3.05, 3.63) is 42.5 Å². The third-order valence-corrected chi connectivity index (χ3v) is 5.37. The smallest absolute Gasteiger partial charge is 0.225 e. The monoisotopic (exact) mass is 308 g/mol. The van der Waals surface area contributed by atoms with Gasteiger partial charge in [0.15, 0.2) is 0 Å². The largest absolute Gasteiger partial charge is 0.371 e. The van der Waals surface area contributed by atoms with Crippen molar-refractivity contribution in [1.82, 2.24) is 4.90 Å². The van der Waals surface area contributed by atoms with E-state index >= 15 is 0 Å². The summed E-state index contributed by atoms with van der Waals surface area (Å²) in [6.45, 7) is 3.92. The highest BCUT2D eigenvalue weighted by molar-refractivity contribution is 5.94. The molecule has 0 bridgehead atoms. The maximum Gasteiger partial charge on any atom is 0.225 e. The molecule has 0 unspecified atom stereocenters. The lowest BCUT2D eigenvalue weighted by Gasteiger charge is -2.35. The zero-order valence-corrected chi connectivity index (χ0v) is 13.6. The molecule has 0 aromatic heterocycles. The summed E-state index contributed by atoms with van der Waals surface area (Å²) >= 11 is 0. The lowest BCUT2D eigenvalue weighted by Crippen LogP contribution is -2.41. The molecular weight excluding hydrogens is 284 g/mol. The Bertz CT molecular complexity index is 692. The van der Waals surface area contributed by atoms with Crippen LogP contribution < -0.4 is 4.90 Å². The third-order valence-electron chi connectivity index (χ3n) is 5.37. The second-order valence-electron chi connectivity index (χ2n) is 6.79. The molecule has 4 rings (SSSR count). The first-order chi connectivity index (χ1) is 11.3. The van der Waals surface area contributed by atoms with Crippen LogP contribution in [-0.4, -0.2) is 37.0 Å². The third kappa shape index (κ3) is 2.80. The summed E-state index contributed by atoms with van der Waals surface area (Å²) in [5.41, 5.74) is 1.31. The van der Waals surface area contributed by atoms with E-state index < -0.39 is 0 Å². The standard InChI is InChI=1S/C20H24N2O/c23-20(22-12-3-4-13-22)17-10-14-21(15-11-17)19-9-5-7-16-6-1-2-8-18(16)19/h1-2,5-9,17H,3-4,10-15H2. The minimum Gasteiger partial charge on any atom is -0.371 e. The van der Waals surface area contributed by atoms with Crippen molar-refractivity contribution in [3.63, 3.8) is 0 Å². The van der Waals surface area contributed by atoms with Crippen molar-refractivity contribution < 1.29 is 4.79 Å². The van der Waals surface area contributed by atoms with E-state index in [4.69, 9.17) is 0 Å². The number of rotatable bonds is 2. The van der Waals surface area contributed by atoms with Crippen molar-refractivity contribution in [3.8, 4) is 0 Å². The fourth-order valence-electron chi connectivity index (χ4n) is 4.05. The van der Waals surface area contributed by atoms with Crippen molar-refractivity contribution >= 4 is 22.4 Å².